The molecule has 5 heteroatoms. The maximum absolute atomic E-state index is 12.0. The molecule has 1 fully saturated rings. The highest BCUT2D eigenvalue weighted by molar-refractivity contribution is 9.10. The van der Waals surface area contributed by atoms with Crippen molar-refractivity contribution in [2.75, 3.05) is 25.5 Å². The summed E-state index contributed by atoms with van der Waals surface area (Å²) < 4.78 is 6.09. The average molecular weight is 327 g/mol. The number of carbonyl (C=O) groups is 1. The number of anilines is 1. The fourth-order valence-electron chi connectivity index (χ4n) is 2.30. The van der Waals surface area contributed by atoms with Crippen LogP contribution >= 0.6 is 15.9 Å². The molecule has 0 bridgehead atoms. The van der Waals surface area contributed by atoms with E-state index in [1.807, 2.05) is 18.2 Å². The molecule has 1 aliphatic heterocycles. The minimum absolute atomic E-state index is 0.0799. The van der Waals surface area contributed by atoms with Crippen LogP contribution in [0.2, 0.25) is 0 Å². The quantitative estimate of drug-likeness (QED) is 0.894. The number of hydrogen-bond acceptors (Lipinski definition) is 3. The van der Waals surface area contributed by atoms with Crippen LogP contribution in [0, 0.1) is 5.92 Å². The third kappa shape index (κ3) is 4.21. The summed E-state index contributed by atoms with van der Waals surface area (Å²) in [4.78, 5) is 12.0. The molecular weight excluding hydrogens is 308 g/mol. The number of carbonyl (C=O) groups excluding carboxylic acids is 1. The second-order valence-electron chi connectivity index (χ2n) is 4.80. The lowest BCUT2D eigenvalue weighted by Gasteiger charge is -2.22. The molecule has 0 saturated carbocycles. The Bertz CT molecular complexity index is 445. The summed E-state index contributed by atoms with van der Waals surface area (Å²) in [6, 6.07) is 5.57. The third-order valence-corrected chi connectivity index (χ3v) is 4.02. The van der Waals surface area contributed by atoms with Gasteiger partial charge in [-0.15, -0.1) is 0 Å². The Hall–Kier alpha value is -1.07. The first kappa shape index (κ1) is 14.3. The van der Waals surface area contributed by atoms with Gasteiger partial charge >= 0.3 is 0 Å². The zero-order valence-electron chi connectivity index (χ0n) is 11.0. The van der Waals surface area contributed by atoms with E-state index in [2.05, 4.69) is 26.6 Å². The lowest BCUT2D eigenvalue weighted by atomic mass is 9.94. The summed E-state index contributed by atoms with van der Waals surface area (Å²) >= 11 is 3.39. The molecule has 1 aliphatic rings. The standard InChI is InChI=1S/C14H19BrN2O2/c1-19-13-9-11(2-3-12(13)15)17-14(18)8-10-4-6-16-7-5-10/h2-3,9-10,16H,4-8H2,1H3,(H,17,18). The number of hydrogen-bond donors (Lipinski definition) is 2. The lowest BCUT2D eigenvalue weighted by molar-refractivity contribution is -0.117. The fraction of sp³-hybridized carbons (Fsp3) is 0.500. The van der Waals surface area contributed by atoms with Gasteiger partial charge in [0.1, 0.15) is 5.75 Å². The van der Waals surface area contributed by atoms with Crippen molar-refractivity contribution < 1.29 is 9.53 Å². The average Bonchev–Trinajstić information content (AvgIpc) is 2.42. The SMILES string of the molecule is COc1cc(NC(=O)CC2CCNCC2)ccc1Br. The van der Waals surface area contributed by atoms with Crippen LogP contribution in [-0.4, -0.2) is 26.1 Å². The Kier molecular flexibility index (Phi) is 5.22. The van der Waals surface area contributed by atoms with Crippen LogP contribution in [0.25, 0.3) is 0 Å². The molecule has 0 spiro atoms. The van der Waals surface area contributed by atoms with Crippen molar-refractivity contribution in [3.05, 3.63) is 22.7 Å². The molecule has 1 heterocycles. The van der Waals surface area contributed by atoms with E-state index in [1.165, 1.54) is 0 Å². The predicted octanol–water partition coefficient (Wildman–Crippen LogP) is 2.79. The molecule has 4 nitrogen and oxygen atoms in total. The van der Waals surface area contributed by atoms with E-state index < -0.39 is 0 Å². The van der Waals surface area contributed by atoms with E-state index in [0.717, 1.165) is 41.8 Å². The van der Waals surface area contributed by atoms with Crippen LogP contribution in [0.15, 0.2) is 22.7 Å². The first-order valence-electron chi connectivity index (χ1n) is 6.53. The Labute approximate surface area is 122 Å². The zero-order valence-corrected chi connectivity index (χ0v) is 12.6. The van der Waals surface area contributed by atoms with E-state index in [9.17, 15) is 4.79 Å². The van der Waals surface area contributed by atoms with Crippen LogP contribution in [0.4, 0.5) is 5.69 Å². The molecule has 0 unspecified atom stereocenters. The van der Waals surface area contributed by atoms with Crippen LogP contribution in [0.1, 0.15) is 19.3 Å². The van der Waals surface area contributed by atoms with Gasteiger partial charge in [-0.3, -0.25) is 4.79 Å². The topological polar surface area (TPSA) is 50.4 Å². The number of rotatable bonds is 4. The molecule has 1 aromatic carbocycles. The predicted molar refractivity (Wildman–Crippen MR) is 79.5 cm³/mol. The van der Waals surface area contributed by atoms with Gasteiger partial charge in [0.05, 0.1) is 11.6 Å². The second-order valence-corrected chi connectivity index (χ2v) is 5.65. The molecule has 0 atom stereocenters. The van der Waals surface area contributed by atoms with Crippen molar-refractivity contribution >= 4 is 27.5 Å². The summed E-state index contributed by atoms with van der Waals surface area (Å²) in [5.41, 5.74) is 0.777. The van der Waals surface area contributed by atoms with Crippen molar-refractivity contribution in [1.29, 1.82) is 0 Å². The highest BCUT2D eigenvalue weighted by atomic mass is 79.9. The van der Waals surface area contributed by atoms with Crippen molar-refractivity contribution in [3.8, 4) is 5.75 Å². The summed E-state index contributed by atoms with van der Waals surface area (Å²) in [5.74, 6) is 1.30. The molecule has 104 valence electrons. The molecule has 19 heavy (non-hydrogen) atoms. The van der Waals surface area contributed by atoms with Gasteiger partial charge in [0.25, 0.3) is 0 Å². The van der Waals surface area contributed by atoms with Crippen molar-refractivity contribution in [1.82, 2.24) is 5.32 Å². The van der Waals surface area contributed by atoms with Gasteiger partial charge in [-0.2, -0.15) is 0 Å². The molecule has 1 aromatic rings. The number of nitrogens with one attached hydrogen (secondary N) is 2. The van der Waals surface area contributed by atoms with Gasteiger partial charge in [0.2, 0.25) is 5.91 Å². The van der Waals surface area contributed by atoms with Crippen LogP contribution < -0.4 is 15.4 Å². The lowest BCUT2D eigenvalue weighted by Crippen LogP contribution is -2.30. The Morgan fingerprint density at radius 2 is 2.21 bits per heavy atom. The number of halogens is 1. The van der Waals surface area contributed by atoms with Crippen LogP contribution in [0.5, 0.6) is 5.75 Å². The minimum atomic E-state index is 0.0799. The molecule has 0 radical (unpaired) electrons. The first-order chi connectivity index (χ1) is 9.19. The van der Waals surface area contributed by atoms with Gasteiger partial charge in [-0.25, -0.2) is 0 Å². The molecule has 2 rings (SSSR count). The third-order valence-electron chi connectivity index (χ3n) is 3.37. The molecule has 0 aromatic heterocycles. The highest BCUT2D eigenvalue weighted by Crippen LogP contribution is 2.28. The Morgan fingerprint density at radius 3 is 2.89 bits per heavy atom. The number of methoxy groups -OCH3 is 1. The van der Waals surface area contributed by atoms with Gasteiger partial charge in [0.15, 0.2) is 0 Å². The maximum atomic E-state index is 12.0. The van der Waals surface area contributed by atoms with Crippen LogP contribution in [-0.2, 0) is 4.79 Å². The monoisotopic (exact) mass is 326 g/mol. The van der Waals surface area contributed by atoms with Gasteiger partial charge in [-0.05, 0) is 59.9 Å². The van der Waals surface area contributed by atoms with Crippen LogP contribution in [0.3, 0.4) is 0 Å². The van der Waals surface area contributed by atoms with E-state index in [0.29, 0.717) is 12.3 Å². The van der Waals surface area contributed by atoms with E-state index in [-0.39, 0.29) is 5.91 Å². The van der Waals surface area contributed by atoms with Crippen molar-refractivity contribution in [2.24, 2.45) is 5.92 Å². The van der Waals surface area contributed by atoms with Gasteiger partial charge in [-0.1, -0.05) is 0 Å². The molecular formula is C14H19BrN2O2. The van der Waals surface area contributed by atoms with E-state index in [1.54, 1.807) is 7.11 Å². The largest absolute Gasteiger partial charge is 0.495 e. The summed E-state index contributed by atoms with van der Waals surface area (Å²) in [6.45, 7) is 2.04. The highest BCUT2D eigenvalue weighted by Gasteiger charge is 2.17. The normalized spacial score (nSPS) is 16.1. The molecule has 1 saturated heterocycles. The van der Waals surface area contributed by atoms with Crippen molar-refractivity contribution in [2.45, 2.75) is 19.3 Å². The van der Waals surface area contributed by atoms with Gasteiger partial charge in [0, 0.05) is 18.2 Å². The smallest absolute Gasteiger partial charge is 0.224 e. The number of amides is 1. The zero-order chi connectivity index (χ0) is 13.7. The molecule has 0 aliphatic carbocycles. The summed E-state index contributed by atoms with van der Waals surface area (Å²) in [7, 11) is 1.61. The van der Waals surface area contributed by atoms with Gasteiger partial charge < -0.3 is 15.4 Å². The van der Waals surface area contributed by atoms with E-state index in [4.69, 9.17) is 4.74 Å². The summed E-state index contributed by atoms with van der Waals surface area (Å²) in [6.07, 6.45) is 2.76. The first-order valence-corrected chi connectivity index (χ1v) is 7.32. The number of piperidine rings is 1. The Morgan fingerprint density at radius 1 is 1.47 bits per heavy atom. The second kappa shape index (κ2) is 6.91. The van der Waals surface area contributed by atoms with E-state index >= 15 is 0 Å². The Balaban J connectivity index is 1.90. The molecule has 2 N–H and O–H groups in total. The summed E-state index contributed by atoms with van der Waals surface area (Å²) in [5, 5.41) is 6.24. The maximum Gasteiger partial charge on any atom is 0.224 e. The minimum Gasteiger partial charge on any atom is -0.495 e. The van der Waals surface area contributed by atoms with Crippen molar-refractivity contribution in [3.63, 3.8) is 0 Å². The fourth-order valence-corrected chi connectivity index (χ4v) is 2.71. The number of benzene rings is 1. The molecule has 1 amide bonds. The number of ether oxygens (including phenoxy) is 1.